The van der Waals surface area contributed by atoms with Crippen LogP contribution in [0.25, 0.3) is 0 Å². The van der Waals surface area contributed by atoms with E-state index in [1.807, 2.05) is 6.26 Å². The Morgan fingerprint density at radius 1 is 1.27 bits per heavy atom. The molecule has 7 heteroatoms. The minimum Gasteiger partial charge on any atom is -0.362 e. The van der Waals surface area contributed by atoms with Crippen molar-refractivity contribution in [2.45, 2.75) is 52.2 Å². The highest BCUT2D eigenvalue weighted by Crippen LogP contribution is 2.17. The van der Waals surface area contributed by atoms with E-state index in [-0.39, 0.29) is 0 Å². The van der Waals surface area contributed by atoms with E-state index in [0.29, 0.717) is 11.0 Å². The lowest BCUT2D eigenvalue weighted by Crippen LogP contribution is -2.30. The molecule has 0 atom stereocenters. The monoisotopic (exact) mass is 391 g/mol. The molecule has 0 radical (unpaired) electrons. The van der Waals surface area contributed by atoms with E-state index in [1.165, 1.54) is 11.1 Å². The average Bonchev–Trinajstić information content (AvgIpc) is 2.96. The minimum atomic E-state index is 0.572. The first-order valence-electron chi connectivity index (χ1n) is 8.99. The van der Waals surface area contributed by atoms with Crippen molar-refractivity contribution in [3.63, 3.8) is 0 Å². The Kier molecular flexibility index (Phi) is 7.90. The number of anilines is 1. The highest BCUT2D eigenvalue weighted by molar-refractivity contribution is 7.98. The summed E-state index contributed by atoms with van der Waals surface area (Å²) < 4.78 is 2.24. The Labute approximate surface area is 166 Å². The number of nitrogens with zero attached hydrogens (tertiary/aromatic N) is 3. The maximum atomic E-state index is 5.42. The van der Waals surface area contributed by atoms with Crippen LogP contribution in [0.4, 0.5) is 5.69 Å². The molecule has 5 nitrogen and oxygen atoms in total. The summed E-state index contributed by atoms with van der Waals surface area (Å²) in [6, 6.07) is 6.32. The van der Waals surface area contributed by atoms with Gasteiger partial charge in [0.1, 0.15) is 5.82 Å². The summed E-state index contributed by atoms with van der Waals surface area (Å²) >= 11 is 7.06. The van der Waals surface area contributed by atoms with Gasteiger partial charge >= 0.3 is 0 Å². The van der Waals surface area contributed by atoms with Crippen LogP contribution in [0.5, 0.6) is 0 Å². The topological polar surface area (TPSA) is 54.8 Å². The summed E-state index contributed by atoms with van der Waals surface area (Å²) in [5.74, 6) is 1.63. The van der Waals surface area contributed by atoms with Crippen LogP contribution >= 0.6 is 24.0 Å². The molecule has 0 amide bonds. The largest absolute Gasteiger partial charge is 0.362 e. The van der Waals surface area contributed by atoms with Crippen LogP contribution in [-0.2, 0) is 13.0 Å². The Morgan fingerprint density at radius 2 is 2.04 bits per heavy atom. The summed E-state index contributed by atoms with van der Waals surface area (Å²) in [4.78, 5) is 0. The van der Waals surface area contributed by atoms with E-state index in [2.05, 4.69) is 71.3 Å². The molecule has 0 spiro atoms. The molecule has 0 fully saturated rings. The van der Waals surface area contributed by atoms with Gasteiger partial charge in [-0.25, -0.2) is 0 Å². The van der Waals surface area contributed by atoms with E-state index in [0.717, 1.165) is 42.6 Å². The number of benzene rings is 1. The van der Waals surface area contributed by atoms with Gasteiger partial charge in [-0.15, -0.1) is 10.2 Å². The Hall–Kier alpha value is -1.60. The third-order valence-corrected chi connectivity index (χ3v) is 4.94. The lowest BCUT2D eigenvalue weighted by Gasteiger charge is -2.14. The van der Waals surface area contributed by atoms with Gasteiger partial charge in [0.2, 0.25) is 0 Å². The van der Waals surface area contributed by atoms with Gasteiger partial charge in [-0.3, -0.25) is 0 Å². The van der Waals surface area contributed by atoms with Gasteiger partial charge in [0, 0.05) is 25.2 Å². The van der Waals surface area contributed by atoms with Crippen LogP contribution in [0.15, 0.2) is 23.4 Å². The maximum Gasteiger partial charge on any atom is 0.190 e. The number of rotatable bonds is 8. The number of aryl methyl sites for hydroxylation is 3. The molecule has 2 rings (SSSR count). The van der Waals surface area contributed by atoms with E-state index in [4.69, 9.17) is 12.2 Å². The van der Waals surface area contributed by atoms with Crippen molar-refractivity contribution in [2.75, 3.05) is 18.1 Å². The van der Waals surface area contributed by atoms with Crippen molar-refractivity contribution in [3.05, 3.63) is 35.2 Å². The van der Waals surface area contributed by atoms with E-state index < -0.39 is 0 Å². The lowest BCUT2D eigenvalue weighted by atomic mass is 10.1. The van der Waals surface area contributed by atoms with Crippen molar-refractivity contribution in [2.24, 2.45) is 5.92 Å². The number of thioether (sulfide) groups is 1. The lowest BCUT2D eigenvalue weighted by molar-refractivity contribution is 0.477. The van der Waals surface area contributed by atoms with Crippen molar-refractivity contribution in [1.29, 1.82) is 0 Å². The smallest absolute Gasteiger partial charge is 0.190 e. The zero-order chi connectivity index (χ0) is 19.1. The summed E-state index contributed by atoms with van der Waals surface area (Å²) in [6.45, 7) is 10.4. The standard InChI is InChI=1S/C19H29N5S2/c1-13(2)12-24-17(22-23-19(24)26-5)7-6-10-20-18(25)21-16-11-14(3)8-9-15(16)4/h8-9,11,13H,6-7,10,12H2,1-5H3,(H2,20,21,25). The number of nitrogens with one attached hydrogen (secondary N) is 2. The Balaban J connectivity index is 1.82. The van der Waals surface area contributed by atoms with Crippen molar-refractivity contribution < 1.29 is 0 Å². The molecule has 0 unspecified atom stereocenters. The molecule has 1 aromatic carbocycles. The zero-order valence-electron chi connectivity index (χ0n) is 16.3. The molecular weight excluding hydrogens is 362 g/mol. The number of aromatic nitrogens is 3. The second-order valence-electron chi connectivity index (χ2n) is 6.91. The fraction of sp³-hybridized carbons (Fsp3) is 0.526. The molecule has 0 saturated carbocycles. The van der Waals surface area contributed by atoms with Crippen LogP contribution in [0.1, 0.15) is 37.2 Å². The fourth-order valence-corrected chi connectivity index (χ4v) is 3.42. The fourth-order valence-electron chi connectivity index (χ4n) is 2.69. The second kappa shape index (κ2) is 9.92. The van der Waals surface area contributed by atoms with E-state index >= 15 is 0 Å². The van der Waals surface area contributed by atoms with Gasteiger partial charge in [-0.1, -0.05) is 37.7 Å². The van der Waals surface area contributed by atoms with Crippen LogP contribution in [0.3, 0.4) is 0 Å². The van der Waals surface area contributed by atoms with Gasteiger partial charge in [0.25, 0.3) is 0 Å². The first-order chi connectivity index (χ1) is 12.4. The Bertz CT molecular complexity index is 740. The summed E-state index contributed by atoms with van der Waals surface area (Å²) in [5.41, 5.74) is 3.46. The van der Waals surface area contributed by atoms with Crippen molar-refractivity contribution in [1.82, 2.24) is 20.1 Å². The van der Waals surface area contributed by atoms with Gasteiger partial charge in [-0.2, -0.15) is 0 Å². The van der Waals surface area contributed by atoms with Gasteiger partial charge < -0.3 is 15.2 Å². The first kappa shape index (κ1) is 20.7. The molecule has 0 aliphatic heterocycles. The van der Waals surface area contributed by atoms with Crippen LogP contribution < -0.4 is 10.6 Å². The third kappa shape index (κ3) is 5.99. The SMILES string of the molecule is CSc1nnc(CCCNC(=S)Nc2cc(C)ccc2C)n1CC(C)C. The van der Waals surface area contributed by atoms with Gasteiger partial charge in [0.05, 0.1) is 0 Å². The molecule has 0 saturated heterocycles. The predicted molar refractivity (Wildman–Crippen MR) is 115 cm³/mol. The normalized spacial score (nSPS) is 11.0. The average molecular weight is 392 g/mol. The molecule has 1 aromatic heterocycles. The van der Waals surface area contributed by atoms with Crippen LogP contribution in [0.2, 0.25) is 0 Å². The molecule has 2 aromatic rings. The van der Waals surface area contributed by atoms with Gasteiger partial charge in [-0.05, 0) is 61.9 Å². The van der Waals surface area contributed by atoms with E-state index in [1.54, 1.807) is 11.8 Å². The first-order valence-corrected chi connectivity index (χ1v) is 10.6. The minimum absolute atomic E-state index is 0.572. The highest BCUT2D eigenvalue weighted by Gasteiger charge is 2.12. The number of hydrogen-bond donors (Lipinski definition) is 2. The maximum absolute atomic E-state index is 5.42. The summed E-state index contributed by atoms with van der Waals surface area (Å²) in [6.07, 6.45) is 3.89. The third-order valence-electron chi connectivity index (χ3n) is 4.03. The zero-order valence-corrected chi connectivity index (χ0v) is 17.9. The second-order valence-corrected chi connectivity index (χ2v) is 8.09. The number of hydrogen-bond acceptors (Lipinski definition) is 4. The van der Waals surface area contributed by atoms with Gasteiger partial charge in [0.15, 0.2) is 10.3 Å². The highest BCUT2D eigenvalue weighted by atomic mass is 32.2. The molecule has 0 aliphatic carbocycles. The predicted octanol–water partition coefficient (Wildman–Crippen LogP) is 4.19. The molecule has 2 N–H and O–H groups in total. The molecule has 26 heavy (non-hydrogen) atoms. The van der Waals surface area contributed by atoms with Crippen molar-refractivity contribution >= 4 is 34.8 Å². The molecule has 0 aliphatic rings. The van der Waals surface area contributed by atoms with Crippen LogP contribution in [-0.4, -0.2) is 32.7 Å². The summed E-state index contributed by atoms with van der Waals surface area (Å²) in [7, 11) is 0. The van der Waals surface area contributed by atoms with E-state index in [9.17, 15) is 0 Å². The number of thiocarbonyl (C=S) groups is 1. The molecule has 0 bridgehead atoms. The molecular formula is C19H29N5S2. The summed E-state index contributed by atoms with van der Waals surface area (Å²) in [5, 5.41) is 16.9. The Morgan fingerprint density at radius 3 is 2.73 bits per heavy atom. The quantitative estimate of drug-likeness (QED) is 0.400. The molecule has 1 heterocycles. The molecule has 142 valence electrons. The van der Waals surface area contributed by atoms with Crippen molar-refractivity contribution in [3.8, 4) is 0 Å². The van der Waals surface area contributed by atoms with Crippen LogP contribution in [0, 0.1) is 19.8 Å².